The highest BCUT2D eigenvalue weighted by Gasteiger charge is 2.18. The summed E-state index contributed by atoms with van der Waals surface area (Å²) in [5.41, 5.74) is 0. The fourth-order valence-corrected chi connectivity index (χ4v) is 1.51. The Bertz CT molecular complexity index is 233. The smallest absolute Gasteiger partial charge is 0.0760 e. The summed E-state index contributed by atoms with van der Waals surface area (Å²) in [6.45, 7) is 0. The molecule has 62 valence electrons. The van der Waals surface area contributed by atoms with Crippen molar-refractivity contribution in [2.75, 3.05) is 0 Å². The predicted octanol–water partition coefficient (Wildman–Crippen LogP) is 1.78. The normalized spacial score (nSPS) is 32.7. The third kappa shape index (κ3) is 1.52. The highest BCUT2D eigenvalue weighted by Crippen LogP contribution is 2.16. The van der Waals surface area contributed by atoms with Gasteiger partial charge in [0, 0.05) is 12.4 Å². The van der Waals surface area contributed by atoms with E-state index < -0.39 is 0 Å². The molecule has 2 atom stereocenters. The lowest BCUT2D eigenvalue weighted by molar-refractivity contribution is 0.536. The van der Waals surface area contributed by atoms with Crippen molar-refractivity contribution < 1.29 is 0 Å². The van der Waals surface area contributed by atoms with E-state index in [9.17, 15) is 0 Å². The Labute approximate surface area is 72.4 Å². The Hall–Kier alpha value is -1.18. The molecule has 2 nitrogen and oxygen atoms in total. The molecule has 2 aliphatic heterocycles. The molecule has 2 heterocycles. The molecule has 0 aromatic rings. The Morgan fingerprint density at radius 2 is 1.33 bits per heavy atom. The summed E-state index contributed by atoms with van der Waals surface area (Å²) in [5.74, 6) is 0. The van der Waals surface area contributed by atoms with Crippen molar-refractivity contribution in [3.05, 3.63) is 24.3 Å². The van der Waals surface area contributed by atoms with Gasteiger partial charge in [0.1, 0.15) is 0 Å². The minimum Gasteiger partial charge on any atom is -0.287 e. The summed E-state index contributed by atoms with van der Waals surface area (Å²) >= 11 is 0. The average Bonchev–Trinajstić information content (AvgIpc) is 2.21. The van der Waals surface area contributed by atoms with Gasteiger partial charge in [0.05, 0.1) is 12.1 Å². The summed E-state index contributed by atoms with van der Waals surface area (Å²) < 4.78 is 0. The van der Waals surface area contributed by atoms with Crippen LogP contribution >= 0.6 is 0 Å². The molecule has 0 amide bonds. The molecule has 2 aliphatic rings. The molecule has 0 saturated carbocycles. The molecule has 0 fully saturated rings. The number of aliphatic imine (C=N–C) groups is 2. The minimum atomic E-state index is 0.371. The molecule has 12 heavy (non-hydrogen) atoms. The van der Waals surface area contributed by atoms with E-state index in [-0.39, 0.29) is 0 Å². The lowest BCUT2D eigenvalue weighted by atomic mass is 10.00. The van der Waals surface area contributed by atoms with Crippen LogP contribution in [0.15, 0.2) is 34.3 Å². The number of nitrogens with zero attached hydrogens (tertiary/aromatic N) is 2. The van der Waals surface area contributed by atoms with Gasteiger partial charge in [-0.05, 0) is 25.0 Å². The summed E-state index contributed by atoms with van der Waals surface area (Å²) in [5, 5.41) is 0. The second-order valence-corrected chi connectivity index (χ2v) is 3.06. The first-order valence-corrected chi connectivity index (χ1v) is 4.33. The van der Waals surface area contributed by atoms with Gasteiger partial charge in [0.2, 0.25) is 0 Å². The van der Waals surface area contributed by atoms with Gasteiger partial charge in [-0.2, -0.15) is 0 Å². The zero-order valence-electron chi connectivity index (χ0n) is 6.93. The van der Waals surface area contributed by atoms with Crippen LogP contribution in [0.1, 0.15) is 12.8 Å². The maximum Gasteiger partial charge on any atom is 0.0760 e. The van der Waals surface area contributed by atoms with Crippen LogP contribution in [0.5, 0.6) is 0 Å². The molecule has 0 N–H and O–H groups in total. The molecule has 2 unspecified atom stereocenters. The first kappa shape index (κ1) is 7.47. The Morgan fingerprint density at radius 3 is 1.67 bits per heavy atom. The number of hydrogen-bond donors (Lipinski definition) is 0. The van der Waals surface area contributed by atoms with Crippen molar-refractivity contribution in [3.63, 3.8) is 0 Å². The van der Waals surface area contributed by atoms with Gasteiger partial charge in [-0.1, -0.05) is 12.2 Å². The molecule has 0 aromatic heterocycles. The molecule has 0 spiro atoms. The monoisotopic (exact) mass is 160 g/mol. The molecule has 0 bridgehead atoms. The van der Waals surface area contributed by atoms with Crippen LogP contribution in [0.25, 0.3) is 0 Å². The Kier molecular flexibility index (Phi) is 2.16. The van der Waals surface area contributed by atoms with Crippen LogP contribution in [0.2, 0.25) is 0 Å². The van der Waals surface area contributed by atoms with E-state index in [2.05, 4.69) is 22.1 Å². The van der Waals surface area contributed by atoms with Gasteiger partial charge in [0.25, 0.3) is 0 Å². The maximum atomic E-state index is 4.39. The predicted molar refractivity (Wildman–Crippen MR) is 52.1 cm³/mol. The van der Waals surface area contributed by atoms with Crippen molar-refractivity contribution in [3.8, 4) is 0 Å². The van der Waals surface area contributed by atoms with Crippen molar-refractivity contribution in [2.45, 2.75) is 24.9 Å². The lowest BCUT2D eigenvalue weighted by Gasteiger charge is -2.20. The Balaban J connectivity index is 2.01. The molecular weight excluding hydrogens is 148 g/mol. The number of hydrogen-bond acceptors (Lipinski definition) is 2. The maximum absolute atomic E-state index is 4.39. The quantitative estimate of drug-likeness (QED) is 0.558. The topological polar surface area (TPSA) is 24.7 Å². The van der Waals surface area contributed by atoms with E-state index in [0.717, 1.165) is 12.8 Å². The molecule has 0 aliphatic carbocycles. The molecular formula is C10H12N2. The van der Waals surface area contributed by atoms with Crippen LogP contribution in [-0.2, 0) is 0 Å². The van der Waals surface area contributed by atoms with E-state index in [0.29, 0.717) is 12.1 Å². The van der Waals surface area contributed by atoms with Gasteiger partial charge in [-0.25, -0.2) is 0 Å². The molecule has 2 rings (SSSR count). The van der Waals surface area contributed by atoms with Gasteiger partial charge < -0.3 is 0 Å². The van der Waals surface area contributed by atoms with Crippen molar-refractivity contribution >= 4 is 12.4 Å². The van der Waals surface area contributed by atoms with Gasteiger partial charge in [-0.15, -0.1) is 0 Å². The molecule has 0 radical (unpaired) electrons. The number of allylic oxidation sites excluding steroid dienone is 2. The van der Waals surface area contributed by atoms with Gasteiger partial charge in [0.15, 0.2) is 0 Å². The van der Waals surface area contributed by atoms with Crippen LogP contribution in [0.3, 0.4) is 0 Å². The highest BCUT2D eigenvalue weighted by molar-refractivity contribution is 5.73. The molecule has 0 saturated heterocycles. The van der Waals surface area contributed by atoms with Crippen LogP contribution in [0.4, 0.5) is 0 Å². The SMILES string of the molecule is C1=CCC(C2CC=CC=N2)N=C1. The van der Waals surface area contributed by atoms with Gasteiger partial charge >= 0.3 is 0 Å². The summed E-state index contributed by atoms with van der Waals surface area (Å²) in [7, 11) is 0. The molecule has 2 heteroatoms. The summed E-state index contributed by atoms with van der Waals surface area (Å²) in [6.07, 6.45) is 14.1. The highest BCUT2D eigenvalue weighted by atomic mass is 14.9. The van der Waals surface area contributed by atoms with E-state index in [4.69, 9.17) is 0 Å². The van der Waals surface area contributed by atoms with E-state index in [1.165, 1.54) is 0 Å². The van der Waals surface area contributed by atoms with Crippen LogP contribution in [-0.4, -0.2) is 24.5 Å². The van der Waals surface area contributed by atoms with Crippen molar-refractivity contribution in [2.24, 2.45) is 9.98 Å². The van der Waals surface area contributed by atoms with Gasteiger partial charge in [-0.3, -0.25) is 9.98 Å². The zero-order valence-corrected chi connectivity index (χ0v) is 6.93. The van der Waals surface area contributed by atoms with Crippen molar-refractivity contribution in [1.82, 2.24) is 0 Å². The fourth-order valence-electron chi connectivity index (χ4n) is 1.51. The fraction of sp³-hybridized carbons (Fsp3) is 0.400. The number of rotatable bonds is 1. The largest absolute Gasteiger partial charge is 0.287 e. The average molecular weight is 160 g/mol. The first-order chi connectivity index (χ1) is 5.97. The Morgan fingerprint density at radius 1 is 0.833 bits per heavy atom. The van der Waals surface area contributed by atoms with Crippen LogP contribution in [0, 0.1) is 0 Å². The number of dihydropyridines is 2. The van der Waals surface area contributed by atoms with Crippen LogP contribution < -0.4 is 0 Å². The zero-order chi connectivity index (χ0) is 8.23. The summed E-state index contributed by atoms with van der Waals surface area (Å²) in [4.78, 5) is 8.79. The van der Waals surface area contributed by atoms with Crippen molar-refractivity contribution in [1.29, 1.82) is 0 Å². The first-order valence-electron chi connectivity index (χ1n) is 4.33. The molecule has 0 aromatic carbocycles. The standard InChI is InChI=1S/C10H12N2/c1-3-7-11-9(5-1)10-6-2-4-8-12-10/h1-4,7-10H,5-6H2. The minimum absolute atomic E-state index is 0.371. The summed E-state index contributed by atoms with van der Waals surface area (Å²) in [6, 6.07) is 0.743. The van der Waals surface area contributed by atoms with E-state index >= 15 is 0 Å². The van der Waals surface area contributed by atoms with E-state index in [1.54, 1.807) is 0 Å². The second kappa shape index (κ2) is 3.48. The third-order valence-electron chi connectivity index (χ3n) is 2.20. The van der Waals surface area contributed by atoms with E-state index in [1.807, 2.05) is 24.6 Å². The lowest BCUT2D eigenvalue weighted by Crippen LogP contribution is -2.24. The second-order valence-electron chi connectivity index (χ2n) is 3.06. The third-order valence-corrected chi connectivity index (χ3v) is 2.20.